The second kappa shape index (κ2) is 4.71. The van der Waals surface area contributed by atoms with E-state index in [0.717, 1.165) is 16.3 Å². The van der Waals surface area contributed by atoms with Gasteiger partial charge in [0.15, 0.2) is 6.39 Å². The van der Waals surface area contributed by atoms with Crippen LogP contribution >= 0.6 is 23.1 Å². The first-order valence-corrected chi connectivity index (χ1v) is 6.37. The van der Waals surface area contributed by atoms with Crippen molar-refractivity contribution in [3.8, 4) is 0 Å². The summed E-state index contributed by atoms with van der Waals surface area (Å²) in [5.41, 5.74) is 0.896. The second-order valence-electron chi connectivity index (χ2n) is 3.10. The van der Waals surface area contributed by atoms with Crippen LogP contribution in [-0.2, 0) is 5.75 Å². The third kappa shape index (κ3) is 2.45. The van der Waals surface area contributed by atoms with Crippen LogP contribution in [0.2, 0.25) is 0 Å². The van der Waals surface area contributed by atoms with Crippen LogP contribution in [0.15, 0.2) is 27.2 Å². The van der Waals surface area contributed by atoms with E-state index in [-0.39, 0.29) is 0 Å². The molecule has 84 valence electrons. The molecule has 0 aliphatic heterocycles. The fourth-order valence-corrected chi connectivity index (χ4v) is 3.01. The first-order chi connectivity index (χ1) is 7.66. The molecule has 1 N–H and O–H groups in total. The standard InChI is InChI=1S/C10H9NO3S2/c1-6-8(11-5-14-6)4-15-7-2-9(10(12)13)16-3-7/h2-3,5H,4H2,1H3,(H,12,13). The zero-order valence-corrected chi connectivity index (χ0v) is 10.1. The van der Waals surface area contributed by atoms with Gasteiger partial charge in [-0.05, 0) is 13.0 Å². The third-order valence-electron chi connectivity index (χ3n) is 2.01. The summed E-state index contributed by atoms with van der Waals surface area (Å²) in [5, 5.41) is 10.6. The van der Waals surface area contributed by atoms with Crippen molar-refractivity contribution in [1.29, 1.82) is 0 Å². The van der Waals surface area contributed by atoms with E-state index in [0.29, 0.717) is 10.6 Å². The lowest BCUT2D eigenvalue weighted by atomic mass is 10.4. The topological polar surface area (TPSA) is 63.3 Å². The fourth-order valence-electron chi connectivity index (χ4n) is 1.13. The number of thiophene rings is 1. The van der Waals surface area contributed by atoms with Gasteiger partial charge in [-0.2, -0.15) is 0 Å². The monoisotopic (exact) mass is 255 g/mol. The summed E-state index contributed by atoms with van der Waals surface area (Å²) in [5.74, 6) is 0.619. The number of oxazole rings is 1. The van der Waals surface area contributed by atoms with Crippen molar-refractivity contribution >= 4 is 29.1 Å². The predicted molar refractivity (Wildman–Crippen MR) is 62.1 cm³/mol. The molecule has 0 bridgehead atoms. The number of aromatic nitrogens is 1. The summed E-state index contributed by atoms with van der Waals surface area (Å²) in [6, 6.07) is 1.67. The number of carboxylic acid groups (broad SMARTS) is 1. The average molecular weight is 255 g/mol. The summed E-state index contributed by atoms with van der Waals surface area (Å²) in [7, 11) is 0. The highest BCUT2D eigenvalue weighted by atomic mass is 32.2. The molecule has 0 saturated carbocycles. The number of carbonyl (C=O) groups is 1. The van der Waals surface area contributed by atoms with Crippen LogP contribution in [0.5, 0.6) is 0 Å². The lowest BCUT2D eigenvalue weighted by Gasteiger charge is -1.95. The molecule has 0 aromatic carbocycles. The Kier molecular flexibility index (Phi) is 3.31. The van der Waals surface area contributed by atoms with Gasteiger partial charge < -0.3 is 9.52 Å². The molecule has 0 amide bonds. The predicted octanol–water partition coefficient (Wildman–Crippen LogP) is 3.04. The highest BCUT2D eigenvalue weighted by Gasteiger charge is 2.09. The molecular formula is C10H9NO3S2. The fraction of sp³-hybridized carbons (Fsp3) is 0.200. The van der Waals surface area contributed by atoms with Crippen LogP contribution < -0.4 is 0 Å². The van der Waals surface area contributed by atoms with Gasteiger partial charge in [0, 0.05) is 16.0 Å². The molecule has 2 aromatic rings. The van der Waals surface area contributed by atoms with Crippen LogP contribution in [0, 0.1) is 6.92 Å². The molecule has 0 atom stereocenters. The molecule has 0 saturated heterocycles. The zero-order chi connectivity index (χ0) is 11.5. The summed E-state index contributed by atoms with van der Waals surface area (Å²) >= 11 is 2.79. The van der Waals surface area contributed by atoms with Gasteiger partial charge in [0.25, 0.3) is 0 Å². The molecule has 2 aromatic heterocycles. The Morgan fingerprint density at radius 3 is 3.06 bits per heavy atom. The van der Waals surface area contributed by atoms with Crippen LogP contribution in [0.25, 0.3) is 0 Å². The molecule has 0 spiro atoms. The first-order valence-electron chi connectivity index (χ1n) is 4.50. The van der Waals surface area contributed by atoms with Crippen molar-refractivity contribution in [3.05, 3.63) is 34.2 Å². The quantitative estimate of drug-likeness (QED) is 0.851. The molecule has 16 heavy (non-hydrogen) atoms. The number of rotatable bonds is 4. The van der Waals surface area contributed by atoms with E-state index in [1.54, 1.807) is 17.8 Å². The first kappa shape index (κ1) is 11.2. The normalized spacial score (nSPS) is 10.6. The maximum absolute atomic E-state index is 10.7. The number of aromatic carboxylic acids is 1. The molecule has 6 heteroatoms. The van der Waals surface area contributed by atoms with Gasteiger partial charge in [0.05, 0.1) is 5.69 Å². The molecule has 2 rings (SSSR count). The summed E-state index contributed by atoms with van der Waals surface area (Å²) in [6.07, 6.45) is 1.42. The van der Waals surface area contributed by atoms with E-state index >= 15 is 0 Å². The molecule has 4 nitrogen and oxygen atoms in total. The van der Waals surface area contributed by atoms with Crippen LogP contribution in [0.3, 0.4) is 0 Å². The van der Waals surface area contributed by atoms with E-state index < -0.39 is 5.97 Å². The molecule has 0 aliphatic rings. The van der Waals surface area contributed by atoms with Crippen molar-refractivity contribution in [3.63, 3.8) is 0 Å². The SMILES string of the molecule is Cc1ocnc1CSc1csc(C(=O)O)c1. The molecule has 0 fully saturated rings. The van der Waals surface area contributed by atoms with Crippen molar-refractivity contribution in [2.45, 2.75) is 17.6 Å². The van der Waals surface area contributed by atoms with E-state index in [9.17, 15) is 4.79 Å². The van der Waals surface area contributed by atoms with Gasteiger partial charge >= 0.3 is 5.97 Å². The molecule has 0 unspecified atom stereocenters. The van der Waals surface area contributed by atoms with Gasteiger partial charge in [-0.15, -0.1) is 23.1 Å². The Hall–Kier alpha value is -1.27. The van der Waals surface area contributed by atoms with Crippen molar-refractivity contribution in [2.75, 3.05) is 0 Å². The number of nitrogens with zero attached hydrogens (tertiary/aromatic N) is 1. The Morgan fingerprint density at radius 2 is 2.50 bits per heavy atom. The number of hydrogen-bond acceptors (Lipinski definition) is 5. The van der Waals surface area contributed by atoms with Gasteiger partial charge in [-0.1, -0.05) is 0 Å². The highest BCUT2D eigenvalue weighted by Crippen LogP contribution is 2.28. The number of thioether (sulfide) groups is 1. The van der Waals surface area contributed by atoms with Crippen molar-refractivity contribution < 1.29 is 14.3 Å². The minimum absolute atomic E-state index is 0.361. The largest absolute Gasteiger partial charge is 0.477 e. The van der Waals surface area contributed by atoms with Crippen LogP contribution in [-0.4, -0.2) is 16.1 Å². The van der Waals surface area contributed by atoms with Crippen molar-refractivity contribution in [1.82, 2.24) is 4.98 Å². The third-order valence-corrected chi connectivity index (χ3v) is 4.06. The Balaban J connectivity index is 2.00. The van der Waals surface area contributed by atoms with Gasteiger partial charge in [-0.3, -0.25) is 0 Å². The van der Waals surface area contributed by atoms with Crippen LogP contribution in [0.4, 0.5) is 0 Å². The Bertz CT molecular complexity index is 504. The highest BCUT2D eigenvalue weighted by molar-refractivity contribution is 7.98. The summed E-state index contributed by atoms with van der Waals surface area (Å²) < 4.78 is 5.08. The maximum atomic E-state index is 10.7. The summed E-state index contributed by atoms with van der Waals surface area (Å²) in [4.78, 5) is 16.1. The Morgan fingerprint density at radius 1 is 1.69 bits per heavy atom. The average Bonchev–Trinajstić information content (AvgIpc) is 2.83. The Labute approximate surface area is 100 Å². The van der Waals surface area contributed by atoms with E-state index in [1.165, 1.54) is 17.7 Å². The lowest BCUT2D eigenvalue weighted by Crippen LogP contribution is -1.89. The smallest absolute Gasteiger partial charge is 0.345 e. The lowest BCUT2D eigenvalue weighted by molar-refractivity contribution is 0.0702. The zero-order valence-electron chi connectivity index (χ0n) is 8.47. The maximum Gasteiger partial charge on any atom is 0.345 e. The van der Waals surface area contributed by atoms with Crippen molar-refractivity contribution in [2.24, 2.45) is 0 Å². The number of carboxylic acids is 1. The minimum Gasteiger partial charge on any atom is -0.477 e. The second-order valence-corrected chi connectivity index (χ2v) is 5.06. The van der Waals surface area contributed by atoms with E-state index in [1.807, 2.05) is 12.3 Å². The van der Waals surface area contributed by atoms with E-state index in [4.69, 9.17) is 9.52 Å². The minimum atomic E-state index is -0.880. The van der Waals surface area contributed by atoms with Gasteiger partial charge in [-0.25, -0.2) is 9.78 Å². The number of hydrogen-bond donors (Lipinski definition) is 1. The van der Waals surface area contributed by atoms with E-state index in [2.05, 4.69) is 4.98 Å². The summed E-state index contributed by atoms with van der Waals surface area (Å²) in [6.45, 7) is 1.86. The van der Waals surface area contributed by atoms with Gasteiger partial charge in [0.1, 0.15) is 10.6 Å². The molecule has 0 aliphatic carbocycles. The molecule has 2 heterocycles. The van der Waals surface area contributed by atoms with Gasteiger partial charge in [0.2, 0.25) is 0 Å². The van der Waals surface area contributed by atoms with Crippen LogP contribution in [0.1, 0.15) is 21.1 Å². The molecular weight excluding hydrogens is 246 g/mol. The molecule has 0 radical (unpaired) electrons. The number of aryl methyl sites for hydroxylation is 1.